The second-order valence-electron chi connectivity index (χ2n) is 4.76. The smallest absolute Gasteiger partial charge is 0.0724 e. The zero-order chi connectivity index (χ0) is 13.9. The third kappa shape index (κ3) is 2.40. The summed E-state index contributed by atoms with van der Waals surface area (Å²) in [6.45, 7) is 2.68. The van der Waals surface area contributed by atoms with Crippen LogP contribution in [-0.4, -0.2) is 9.97 Å². The van der Waals surface area contributed by atoms with E-state index in [1.165, 1.54) is 0 Å². The van der Waals surface area contributed by atoms with Gasteiger partial charge in [-0.15, -0.1) is 0 Å². The number of aromatic nitrogens is 2. The molecule has 100 valence electrons. The summed E-state index contributed by atoms with van der Waals surface area (Å²) >= 11 is 0. The van der Waals surface area contributed by atoms with Crippen LogP contribution in [0.4, 0.5) is 11.4 Å². The van der Waals surface area contributed by atoms with Crippen molar-refractivity contribution in [2.24, 2.45) is 0 Å². The maximum absolute atomic E-state index is 6.19. The third-order valence-corrected chi connectivity index (χ3v) is 3.28. The Morgan fingerprint density at radius 2 is 2.00 bits per heavy atom. The summed E-state index contributed by atoms with van der Waals surface area (Å²) in [4.78, 5) is 8.58. The first-order chi connectivity index (χ1) is 9.74. The summed E-state index contributed by atoms with van der Waals surface area (Å²) in [5.41, 5.74) is 10.9. The Hall–Kier alpha value is -2.62. The maximum atomic E-state index is 6.19. The van der Waals surface area contributed by atoms with E-state index in [2.05, 4.69) is 21.4 Å². The largest absolute Gasteiger partial charge is 0.397 e. The van der Waals surface area contributed by atoms with Crippen LogP contribution < -0.4 is 11.1 Å². The predicted octanol–water partition coefficient (Wildman–Crippen LogP) is 3.13. The van der Waals surface area contributed by atoms with Gasteiger partial charge in [-0.25, -0.2) is 0 Å². The van der Waals surface area contributed by atoms with Gasteiger partial charge >= 0.3 is 0 Å². The number of hydrogen-bond donors (Lipinski definition) is 2. The standard InChI is InChI=1S/C16H16N4/c1-11-4-5-12(9-19-11)10-20-15-7-6-14-13(16(15)17)3-2-8-18-14/h2-9,20H,10,17H2,1H3. The van der Waals surface area contributed by atoms with Crippen molar-refractivity contribution in [2.45, 2.75) is 13.5 Å². The number of aryl methyl sites for hydroxylation is 1. The van der Waals surface area contributed by atoms with Gasteiger partial charge in [-0.05, 0) is 42.8 Å². The first-order valence-corrected chi connectivity index (χ1v) is 6.52. The molecule has 0 amide bonds. The molecule has 3 N–H and O–H groups in total. The molecule has 4 nitrogen and oxygen atoms in total. The highest BCUT2D eigenvalue weighted by atomic mass is 14.9. The highest BCUT2D eigenvalue weighted by Crippen LogP contribution is 2.27. The molecule has 20 heavy (non-hydrogen) atoms. The number of nitrogens with zero attached hydrogens (tertiary/aromatic N) is 2. The van der Waals surface area contributed by atoms with Crippen molar-refractivity contribution in [2.75, 3.05) is 11.1 Å². The van der Waals surface area contributed by atoms with Gasteiger partial charge < -0.3 is 11.1 Å². The monoisotopic (exact) mass is 264 g/mol. The van der Waals surface area contributed by atoms with Gasteiger partial charge in [-0.2, -0.15) is 0 Å². The lowest BCUT2D eigenvalue weighted by molar-refractivity contribution is 1.09. The Balaban J connectivity index is 1.84. The van der Waals surface area contributed by atoms with Crippen LogP contribution in [0.5, 0.6) is 0 Å². The third-order valence-electron chi connectivity index (χ3n) is 3.28. The Morgan fingerprint density at radius 1 is 1.10 bits per heavy atom. The Morgan fingerprint density at radius 3 is 2.80 bits per heavy atom. The molecule has 0 aliphatic carbocycles. The molecule has 0 unspecified atom stereocenters. The quantitative estimate of drug-likeness (QED) is 0.713. The van der Waals surface area contributed by atoms with Crippen LogP contribution in [0, 0.1) is 6.92 Å². The number of nitrogens with one attached hydrogen (secondary N) is 1. The van der Waals surface area contributed by atoms with Gasteiger partial charge in [-0.1, -0.05) is 6.07 Å². The molecule has 0 saturated heterocycles. The number of anilines is 2. The van der Waals surface area contributed by atoms with Crippen LogP contribution in [-0.2, 0) is 6.54 Å². The maximum Gasteiger partial charge on any atom is 0.0724 e. The minimum Gasteiger partial charge on any atom is -0.397 e. The minimum atomic E-state index is 0.698. The van der Waals surface area contributed by atoms with Crippen LogP contribution in [0.1, 0.15) is 11.3 Å². The summed E-state index contributed by atoms with van der Waals surface area (Å²) in [6, 6.07) is 11.9. The van der Waals surface area contributed by atoms with Crippen LogP contribution in [0.2, 0.25) is 0 Å². The van der Waals surface area contributed by atoms with E-state index in [9.17, 15) is 0 Å². The van der Waals surface area contributed by atoms with E-state index in [-0.39, 0.29) is 0 Å². The predicted molar refractivity (Wildman–Crippen MR) is 82.5 cm³/mol. The molecule has 3 rings (SSSR count). The van der Waals surface area contributed by atoms with Gasteiger partial charge in [0.25, 0.3) is 0 Å². The summed E-state index contributed by atoms with van der Waals surface area (Å²) in [7, 11) is 0. The molecule has 0 fully saturated rings. The van der Waals surface area contributed by atoms with Crippen LogP contribution in [0.3, 0.4) is 0 Å². The minimum absolute atomic E-state index is 0.698. The zero-order valence-corrected chi connectivity index (χ0v) is 11.3. The molecule has 0 atom stereocenters. The first-order valence-electron chi connectivity index (χ1n) is 6.52. The molecule has 1 aromatic carbocycles. The van der Waals surface area contributed by atoms with Crippen molar-refractivity contribution < 1.29 is 0 Å². The molecular formula is C16H16N4. The topological polar surface area (TPSA) is 63.8 Å². The van der Waals surface area contributed by atoms with Gasteiger partial charge in [0.2, 0.25) is 0 Å². The fourth-order valence-corrected chi connectivity index (χ4v) is 2.13. The van der Waals surface area contributed by atoms with E-state index in [4.69, 9.17) is 5.73 Å². The highest BCUT2D eigenvalue weighted by molar-refractivity contribution is 5.96. The summed E-state index contributed by atoms with van der Waals surface area (Å²) in [5, 5.41) is 4.32. The molecule has 4 heteroatoms. The molecule has 2 heterocycles. The van der Waals surface area contributed by atoms with Crippen LogP contribution in [0.15, 0.2) is 48.8 Å². The van der Waals surface area contributed by atoms with Gasteiger partial charge in [0, 0.05) is 30.0 Å². The molecule has 0 spiro atoms. The van der Waals surface area contributed by atoms with Gasteiger partial charge in [0.05, 0.1) is 16.9 Å². The van der Waals surface area contributed by atoms with E-state index in [1.54, 1.807) is 6.20 Å². The van der Waals surface area contributed by atoms with E-state index >= 15 is 0 Å². The van der Waals surface area contributed by atoms with E-state index in [0.717, 1.165) is 33.5 Å². The van der Waals surface area contributed by atoms with Crippen LogP contribution >= 0.6 is 0 Å². The number of benzene rings is 1. The molecule has 3 aromatic rings. The van der Waals surface area contributed by atoms with E-state index in [0.29, 0.717) is 6.54 Å². The lowest BCUT2D eigenvalue weighted by Gasteiger charge is -2.11. The molecule has 0 aliphatic heterocycles. The summed E-state index contributed by atoms with van der Waals surface area (Å²) in [6.07, 6.45) is 3.65. The van der Waals surface area contributed by atoms with Crippen molar-refractivity contribution in [1.82, 2.24) is 9.97 Å². The summed E-state index contributed by atoms with van der Waals surface area (Å²) < 4.78 is 0. The lowest BCUT2D eigenvalue weighted by atomic mass is 10.1. The average molecular weight is 264 g/mol. The van der Waals surface area contributed by atoms with Gasteiger partial charge in [0.1, 0.15) is 0 Å². The molecule has 0 radical (unpaired) electrons. The Kier molecular flexibility index (Phi) is 3.21. The van der Waals surface area contributed by atoms with Gasteiger partial charge in [-0.3, -0.25) is 9.97 Å². The normalized spacial score (nSPS) is 10.7. The van der Waals surface area contributed by atoms with Crippen molar-refractivity contribution in [3.63, 3.8) is 0 Å². The van der Waals surface area contributed by atoms with Crippen molar-refractivity contribution in [1.29, 1.82) is 0 Å². The Bertz CT molecular complexity index is 735. The number of pyridine rings is 2. The molecular weight excluding hydrogens is 248 g/mol. The first kappa shape index (κ1) is 12.4. The molecule has 0 saturated carbocycles. The van der Waals surface area contributed by atoms with E-state index < -0.39 is 0 Å². The van der Waals surface area contributed by atoms with Crippen molar-refractivity contribution >= 4 is 22.3 Å². The number of nitrogen functional groups attached to an aromatic ring is 1. The van der Waals surface area contributed by atoms with Gasteiger partial charge in [0.15, 0.2) is 0 Å². The van der Waals surface area contributed by atoms with Crippen molar-refractivity contribution in [3.8, 4) is 0 Å². The lowest BCUT2D eigenvalue weighted by Crippen LogP contribution is -2.03. The Labute approximate surface area is 117 Å². The number of fused-ring (bicyclic) bond motifs is 1. The van der Waals surface area contributed by atoms with Crippen molar-refractivity contribution in [3.05, 3.63) is 60.0 Å². The molecule has 0 aliphatic rings. The fourth-order valence-electron chi connectivity index (χ4n) is 2.13. The number of rotatable bonds is 3. The second-order valence-corrected chi connectivity index (χ2v) is 4.76. The van der Waals surface area contributed by atoms with Crippen LogP contribution in [0.25, 0.3) is 10.9 Å². The molecule has 2 aromatic heterocycles. The number of hydrogen-bond acceptors (Lipinski definition) is 4. The fraction of sp³-hybridized carbons (Fsp3) is 0.125. The highest BCUT2D eigenvalue weighted by Gasteiger charge is 2.04. The number of nitrogens with two attached hydrogens (primary N) is 1. The SMILES string of the molecule is Cc1ccc(CNc2ccc3ncccc3c2N)cn1. The average Bonchev–Trinajstić information content (AvgIpc) is 2.49. The summed E-state index contributed by atoms with van der Waals surface area (Å²) in [5.74, 6) is 0. The second kappa shape index (κ2) is 5.17. The van der Waals surface area contributed by atoms with E-state index in [1.807, 2.05) is 43.5 Å². The zero-order valence-electron chi connectivity index (χ0n) is 11.3. The molecule has 0 bridgehead atoms.